The summed E-state index contributed by atoms with van der Waals surface area (Å²) in [7, 11) is 0. The normalized spacial score (nSPS) is 24.0. The minimum Gasteiger partial charge on any atom is -0.468 e. The van der Waals surface area contributed by atoms with Crippen molar-refractivity contribution in [3.63, 3.8) is 0 Å². The standard InChI is InChI=1S/C68H77BN2O/c1-40-20-21-41(2)47-37-59-48(36-46(40)47)61-62(72-59)69-55-38-53-54(68(13,14)31-30-67(53,11)12)39-56(55)70(44-22-24-49-51(34-44)65(7,8)28-26-63(49,3)4)57-32-43(42-18-16-15-17-19-42)33-58(60(57)69)71(61)45-23-25-50-52(35-45)66(9,10)29-27-64(50,5)6/h15-19,22-25,32-41H,20-21,26-31H2,1-14H3/i15D,16D,17D,18D,19D. The van der Waals surface area contributed by atoms with Crippen LogP contribution >= 0.6 is 0 Å². The molecule has 0 saturated carbocycles. The molecular weight excluding hydrogens is 872 g/mol. The van der Waals surface area contributed by atoms with Gasteiger partial charge in [-0.25, -0.2) is 0 Å². The number of hydrogen-bond donors (Lipinski definition) is 0. The SMILES string of the molecule is [2H]c1c([2H])c([2H])c(-c2cc3c4c(c2)N(c2ccc5c(c2)C(C)(C)CCC5(C)C)c2c(oc5cc6c(cc25)C(C)CCC6C)B4c2cc4c(cc2N3c2ccc3c(c2)C(C)(C)CCC3(C)C)C(C)(C)CCC4(C)C)c([2H])c1[2H]. The van der Waals surface area contributed by atoms with Gasteiger partial charge in [0.25, 0.3) is 6.71 Å². The van der Waals surface area contributed by atoms with Gasteiger partial charge in [0, 0.05) is 33.8 Å². The summed E-state index contributed by atoms with van der Waals surface area (Å²) in [4.78, 5) is 4.95. The third-order valence-electron chi connectivity index (χ3n) is 19.9. The Labute approximate surface area is 438 Å². The molecule has 3 nitrogen and oxygen atoms in total. The van der Waals surface area contributed by atoms with E-state index in [1.165, 1.54) is 50.0 Å². The smallest absolute Gasteiger partial charge is 0.297 e. The summed E-state index contributed by atoms with van der Waals surface area (Å²) in [6.07, 6.45) is 8.78. The molecule has 0 bridgehead atoms. The maximum absolute atomic E-state index is 9.61. The molecule has 2 aliphatic heterocycles. The van der Waals surface area contributed by atoms with E-state index in [0.29, 0.717) is 17.4 Å². The summed E-state index contributed by atoms with van der Waals surface area (Å²) in [6, 6.07) is 27.1. The van der Waals surface area contributed by atoms with E-state index in [2.05, 4.69) is 180 Å². The lowest BCUT2D eigenvalue weighted by Crippen LogP contribution is -2.61. The Morgan fingerprint density at radius 2 is 0.944 bits per heavy atom. The van der Waals surface area contributed by atoms with Crippen LogP contribution in [0.2, 0.25) is 0 Å². The average Bonchev–Trinajstić information content (AvgIpc) is 3.82. The predicted octanol–water partition coefficient (Wildman–Crippen LogP) is 17.2. The van der Waals surface area contributed by atoms with Crippen molar-refractivity contribution >= 4 is 68.4 Å². The number of furan rings is 1. The molecule has 0 radical (unpaired) electrons. The monoisotopic (exact) mass is 954 g/mol. The van der Waals surface area contributed by atoms with E-state index in [1.807, 2.05) is 0 Å². The van der Waals surface area contributed by atoms with Crippen LogP contribution < -0.4 is 26.4 Å². The summed E-state index contributed by atoms with van der Waals surface area (Å²) in [5.74, 6) is 0.801. The molecule has 72 heavy (non-hydrogen) atoms. The molecular formula is C68H77BN2O. The average molecular weight is 954 g/mol. The van der Waals surface area contributed by atoms with Crippen LogP contribution in [0.4, 0.5) is 34.1 Å². The second-order valence-electron chi connectivity index (χ2n) is 27.4. The molecule has 3 heterocycles. The fraction of sp³-hybridized carbons (Fsp3) is 0.441. The largest absolute Gasteiger partial charge is 0.468 e. The first kappa shape index (κ1) is 40.9. The molecule has 368 valence electrons. The van der Waals surface area contributed by atoms with Gasteiger partial charge in [-0.15, -0.1) is 0 Å². The predicted molar refractivity (Wildman–Crippen MR) is 308 cm³/mol. The van der Waals surface area contributed by atoms with Crippen molar-refractivity contribution in [2.45, 2.75) is 193 Å². The van der Waals surface area contributed by atoms with E-state index in [9.17, 15) is 2.74 Å². The van der Waals surface area contributed by atoms with Crippen molar-refractivity contribution in [3.05, 3.63) is 148 Å². The van der Waals surface area contributed by atoms with Gasteiger partial charge in [0.05, 0.1) is 18.2 Å². The van der Waals surface area contributed by atoms with Gasteiger partial charge < -0.3 is 14.2 Å². The van der Waals surface area contributed by atoms with Crippen LogP contribution in [0, 0.1) is 0 Å². The molecule has 6 aliphatic rings. The summed E-state index contributed by atoms with van der Waals surface area (Å²) >= 11 is 0. The Morgan fingerprint density at radius 1 is 0.486 bits per heavy atom. The van der Waals surface area contributed by atoms with E-state index in [-0.39, 0.29) is 68.9 Å². The number of rotatable bonds is 3. The van der Waals surface area contributed by atoms with Crippen molar-refractivity contribution in [1.29, 1.82) is 0 Å². The van der Waals surface area contributed by atoms with Gasteiger partial charge in [0.2, 0.25) is 0 Å². The topological polar surface area (TPSA) is 19.6 Å². The van der Waals surface area contributed by atoms with Crippen LogP contribution in [-0.4, -0.2) is 6.71 Å². The summed E-state index contributed by atoms with van der Waals surface area (Å²) < 4.78 is 53.8. The fourth-order valence-corrected chi connectivity index (χ4v) is 14.8. The van der Waals surface area contributed by atoms with Gasteiger partial charge in [-0.05, 0) is 217 Å². The van der Waals surface area contributed by atoms with Gasteiger partial charge in [0.1, 0.15) is 5.58 Å². The zero-order valence-corrected chi connectivity index (χ0v) is 45.6. The molecule has 4 aliphatic carbocycles. The van der Waals surface area contributed by atoms with Crippen molar-refractivity contribution in [2.75, 3.05) is 9.80 Å². The Kier molecular flexibility index (Phi) is 8.57. The Bertz CT molecular complexity index is 3710. The molecule has 4 heteroatoms. The van der Waals surface area contributed by atoms with Crippen molar-refractivity contribution < 1.29 is 11.3 Å². The second-order valence-corrected chi connectivity index (χ2v) is 27.4. The first-order valence-corrected chi connectivity index (χ1v) is 27.5. The molecule has 7 aromatic rings. The highest BCUT2D eigenvalue weighted by atomic mass is 16.3. The quantitative estimate of drug-likeness (QED) is 0.165. The van der Waals surface area contributed by atoms with Crippen molar-refractivity contribution in [2.24, 2.45) is 0 Å². The van der Waals surface area contributed by atoms with E-state index < -0.39 is 6.04 Å². The summed E-state index contributed by atoms with van der Waals surface area (Å²) in [5.41, 5.74) is 21.6. The van der Waals surface area contributed by atoms with Gasteiger partial charge in [-0.1, -0.05) is 145 Å². The molecule has 0 N–H and O–H groups in total. The highest BCUT2D eigenvalue weighted by Crippen LogP contribution is 2.56. The van der Waals surface area contributed by atoms with E-state index in [0.717, 1.165) is 108 Å². The first-order valence-electron chi connectivity index (χ1n) is 30.0. The van der Waals surface area contributed by atoms with E-state index in [1.54, 1.807) is 0 Å². The first-order chi connectivity index (χ1) is 36.0. The molecule has 2 unspecified atom stereocenters. The number of fused-ring (bicyclic) bond motifs is 10. The fourth-order valence-electron chi connectivity index (χ4n) is 14.8. The van der Waals surface area contributed by atoms with E-state index in [4.69, 9.17) is 8.53 Å². The van der Waals surface area contributed by atoms with Crippen LogP contribution in [0.3, 0.4) is 0 Å². The molecule has 6 aromatic carbocycles. The molecule has 1 aromatic heterocycles. The molecule has 0 fully saturated rings. The molecule has 0 saturated heterocycles. The zero-order valence-electron chi connectivity index (χ0n) is 50.6. The van der Waals surface area contributed by atoms with Crippen LogP contribution in [-0.2, 0) is 32.5 Å². The van der Waals surface area contributed by atoms with E-state index >= 15 is 0 Å². The molecule has 13 rings (SSSR count). The molecule has 0 spiro atoms. The maximum Gasteiger partial charge on any atom is 0.297 e. The summed E-state index contributed by atoms with van der Waals surface area (Å²) in [5, 5.41) is 1.08. The Balaban J connectivity index is 1.22. The lowest BCUT2D eigenvalue weighted by Gasteiger charge is -2.47. The number of anilines is 6. The van der Waals surface area contributed by atoms with Crippen LogP contribution in [0.15, 0.2) is 107 Å². The van der Waals surface area contributed by atoms with Crippen molar-refractivity contribution in [3.8, 4) is 11.1 Å². The Morgan fingerprint density at radius 3 is 1.49 bits per heavy atom. The third kappa shape index (κ3) is 6.61. The highest BCUT2D eigenvalue weighted by molar-refractivity contribution is 7.00. The third-order valence-corrected chi connectivity index (χ3v) is 19.9. The molecule has 2 atom stereocenters. The number of hydrogen-bond acceptors (Lipinski definition) is 3. The molecule has 0 amide bonds. The van der Waals surface area contributed by atoms with Gasteiger partial charge in [0.15, 0.2) is 0 Å². The van der Waals surface area contributed by atoms with Gasteiger partial charge in [-0.3, -0.25) is 0 Å². The summed E-state index contributed by atoms with van der Waals surface area (Å²) in [6.45, 7) is 33.2. The highest BCUT2D eigenvalue weighted by Gasteiger charge is 2.50. The van der Waals surface area contributed by atoms with Crippen molar-refractivity contribution in [1.82, 2.24) is 0 Å². The van der Waals surface area contributed by atoms with Crippen LogP contribution in [0.1, 0.15) is 211 Å². The minimum absolute atomic E-state index is 0.000196. The lowest BCUT2D eigenvalue weighted by atomic mass is 9.35. The minimum atomic E-state index is -0.392. The van der Waals surface area contributed by atoms with Gasteiger partial charge in [-0.2, -0.15) is 0 Å². The Hall–Kier alpha value is -5.48. The van der Waals surface area contributed by atoms with Crippen LogP contribution in [0.5, 0.6) is 0 Å². The number of nitrogens with zero attached hydrogens (tertiary/aromatic N) is 2. The zero-order chi connectivity index (χ0) is 54.7. The lowest BCUT2D eigenvalue weighted by molar-refractivity contribution is 0.332. The number of benzene rings is 6. The van der Waals surface area contributed by atoms with Crippen LogP contribution in [0.25, 0.3) is 22.1 Å². The second kappa shape index (κ2) is 15.1. The van der Waals surface area contributed by atoms with Gasteiger partial charge >= 0.3 is 0 Å². The maximum atomic E-state index is 9.61.